The van der Waals surface area contributed by atoms with Crippen molar-refractivity contribution in [2.24, 2.45) is 5.92 Å². The van der Waals surface area contributed by atoms with Gasteiger partial charge in [0.1, 0.15) is 0 Å². The summed E-state index contributed by atoms with van der Waals surface area (Å²) in [5.41, 5.74) is 0. The number of hydrogen-bond donors (Lipinski definition) is 0. The van der Waals surface area contributed by atoms with E-state index in [4.69, 9.17) is 4.74 Å². The highest BCUT2D eigenvalue weighted by Gasteiger charge is 2.17. The van der Waals surface area contributed by atoms with Gasteiger partial charge in [-0.1, -0.05) is 27.7 Å². The zero-order chi connectivity index (χ0) is 9.56. The molecular formula is C10H21O2. The van der Waals surface area contributed by atoms with Gasteiger partial charge in [0.05, 0.1) is 6.10 Å². The molecule has 0 saturated carbocycles. The molecule has 0 aliphatic carbocycles. The number of ether oxygens (including phenoxy) is 1. The lowest BCUT2D eigenvalue weighted by molar-refractivity contribution is -0.196. The standard InChI is InChI=1S/C10H21O2/c1-5-8(4)10(11)12-9(6-2)7-3/h8-10H,5-7H2,1-4H3. The SMILES string of the molecule is CCC(CC)OC([O])C(C)CC. The van der Waals surface area contributed by atoms with Gasteiger partial charge in [-0.25, -0.2) is 5.11 Å². The van der Waals surface area contributed by atoms with Crippen LogP contribution in [0.25, 0.3) is 0 Å². The minimum absolute atomic E-state index is 0.130. The normalized spacial score (nSPS) is 16.5. The van der Waals surface area contributed by atoms with Crippen molar-refractivity contribution in [2.45, 2.75) is 59.4 Å². The molecule has 0 heterocycles. The summed E-state index contributed by atoms with van der Waals surface area (Å²) in [6, 6.07) is 0. The summed E-state index contributed by atoms with van der Waals surface area (Å²) in [6.07, 6.45) is 2.09. The molecule has 2 unspecified atom stereocenters. The average molecular weight is 173 g/mol. The van der Waals surface area contributed by atoms with Crippen LogP contribution in [-0.4, -0.2) is 12.4 Å². The van der Waals surface area contributed by atoms with Gasteiger partial charge in [-0.3, -0.25) is 0 Å². The molecule has 0 aliphatic heterocycles. The smallest absolute Gasteiger partial charge is 0.194 e. The fourth-order valence-electron chi connectivity index (χ4n) is 0.997. The van der Waals surface area contributed by atoms with E-state index < -0.39 is 6.29 Å². The van der Waals surface area contributed by atoms with Crippen LogP contribution in [0.3, 0.4) is 0 Å². The van der Waals surface area contributed by atoms with E-state index >= 15 is 0 Å². The molecule has 1 radical (unpaired) electrons. The molecule has 0 N–H and O–H groups in total. The molecule has 12 heavy (non-hydrogen) atoms. The van der Waals surface area contributed by atoms with Gasteiger partial charge >= 0.3 is 0 Å². The first-order chi connectivity index (χ1) is 5.65. The first-order valence-electron chi connectivity index (χ1n) is 4.96. The van der Waals surface area contributed by atoms with Crippen LogP contribution in [0.2, 0.25) is 0 Å². The average Bonchev–Trinajstić information content (AvgIpc) is 2.12. The van der Waals surface area contributed by atoms with Gasteiger partial charge in [0.2, 0.25) is 0 Å². The molecule has 0 bridgehead atoms. The zero-order valence-electron chi connectivity index (χ0n) is 8.67. The maximum Gasteiger partial charge on any atom is 0.194 e. The Balaban J connectivity index is 3.72. The molecule has 0 saturated heterocycles. The highest BCUT2D eigenvalue weighted by Crippen LogP contribution is 2.14. The van der Waals surface area contributed by atoms with Gasteiger partial charge in [0.15, 0.2) is 6.29 Å². The van der Waals surface area contributed by atoms with Crippen LogP contribution in [0.1, 0.15) is 47.0 Å². The number of rotatable bonds is 6. The molecule has 2 atom stereocenters. The second-order valence-corrected chi connectivity index (χ2v) is 3.33. The molecule has 2 nitrogen and oxygen atoms in total. The van der Waals surface area contributed by atoms with Gasteiger partial charge in [-0.15, -0.1) is 0 Å². The van der Waals surface area contributed by atoms with Gasteiger partial charge in [-0.05, 0) is 19.3 Å². The lowest BCUT2D eigenvalue weighted by atomic mass is 10.1. The number of hydrogen-bond acceptors (Lipinski definition) is 1. The molecule has 2 heteroatoms. The Morgan fingerprint density at radius 2 is 1.58 bits per heavy atom. The van der Waals surface area contributed by atoms with E-state index in [1.54, 1.807) is 0 Å². The highest BCUT2D eigenvalue weighted by atomic mass is 16.6. The third kappa shape index (κ3) is 4.07. The predicted molar refractivity (Wildman–Crippen MR) is 49.4 cm³/mol. The van der Waals surface area contributed by atoms with Crippen molar-refractivity contribution in [3.63, 3.8) is 0 Å². The summed E-state index contributed by atoms with van der Waals surface area (Å²) >= 11 is 0. The van der Waals surface area contributed by atoms with Gasteiger partial charge in [0.25, 0.3) is 0 Å². The van der Waals surface area contributed by atoms with Crippen molar-refractivity contribution in [3.05, 3.63) is 0 Å². The molecule has 0 spiro atoms. The van der Waals surface area contributed by atoms with Crippen LogP contribution >= 0.6 is 0 Å². The predicted octanol–water partition coefficient (Wildman–Crippen LogP) is 2.99. The summed E-state index contributed by atoms with van der Waals surface area (Å²) in [7, 11) is 0. The molecule has 0 aromatic rings. The van der Waals surface area contributed by atoms with E-state index in [9.17, 15) is 5.11 Å². The molecule has 0 amide bonds. The van der Waals surface area contributed by atoms with E-state index in [1.165, 1.54) is 0 Å². The molecule has 0 aliphatic rings. The second-order valence-electron chi connectivity index (χ2n) is 3.33. The van der Waals surface area contributed by atoms with Crippen LogP contribution in [0.4, 0.5) is 0 Å². The second kappa shape index (κ2) is 6.44. The lowest BCUT2D eigenvalue weighted by Gasteiger charge is -2.21. The van der Waals surface area contributed by atoms with Crippen molar-refractivity contribution in [1.82, 2.24) is 0 Å². The first kappa shape index (κ1) is 11.9. The summed E-state index contributed by atoms with van der Waals surface area (Å²) < 4.78 is 5.35. The third-order valence-corrected chi connectivity index (χ3v) is 2.35. The third-order valence-electron chi connectivity index (χ3n) is 2.35. The maximum absolute atomic E-state index is 11.4. The van der Waals surface area contributed by atoms with E-state index in [-0.39, 0.29) is 12.0 Å². The van der Waals surface area contributed by atoms with Crippen LogP contribution < -0.4 is 0 Å². The quantitative estimate of drug-likeness (QED) is 0.568. The minimum atomic E-state index is -0.833. The van der Waals surface area contributed by atoms with E-state index in [0.29, 0.717) is 0 Å². The molecule has 0 fully saturated rings. The van der Waals surface area contributed by atoms with Crippen molar-refractivity contribution in [1.29, 1.82) is 0 Å². The Labute approximate surface area is 75.9 Å². The van der Waals surface area contributed by atoms with Crippen molar-refractivity contribution in [2.75, 3.05) is 0 Å². The monoisotopic (exact) mass is 173 g/mol. The van der Waals surface area contributed by atoms with Crippen LogP contribution in [0, 0.1) is 5.92 Å². The topological polar surface area (TPSA) is 29.1 Å². The zero-order valence-corrected chi connectivity index (χ0v) is 8.67. The molecular weight excluding hydrogens is 152 g/mol. The highest BCUT2D eigenvalue weighted by molar-refractivity contribution is 4.57. The van der Waals surface area contributed by atoms with E-state index in [2.05, 4.69) is 13.8 Å². The first-order valence-corrected chi connectivity index (χ1v) is 4.96. The Hall–Kier alpha value is -0.0800. The maximum atomic E-state index is 11.4. The lowest BCUT2D eigenvalue weighted by Crippen LogP contribution is -2.25. The van der Waals surface area contributed by atoms with Crippen molar-refractivity contribution < 1.29 is 9.84 Å². The molecule has 0 aromatic carbocycles. The summed E-state index contributed by atoms with van der Waals surface area (Å²) in [4.78, 5) is 0. The van der Waals surface area contributed by atoms with E-state index in [1.807, 2.05) is 13.8 Å². The largest absolute Gasteiger partial charge is 0.346 e. The van der Waals surface area contributed by atoms with Crippen LogP contribution in [-0.2, 0) is 9.84 Å². The summed E-state index contributed by atoms with van der Waals surface area (Å²) in [5, 5.41) is 11.4. The van der Waals surface area contributed by atoms with Gasteiger partial charge in [0, 0.05) is 5.92 Å². The Bertz CT molecular complexity index is 100. The van der Waals surface area contributed by atoms with Crippen molar-refractivity contribution in [3.8, 4) is 0 Å². The molecule has 0 aromatic heterocycles. The van der Waals surface area contributed by atoms with Crippen molar-refractivity contribution >= 4 is 0 Å². The summed E-state index contributed by atoms with van der Waals surface area (Å²) in [5.74, 6) is 0.130. The Morgan fingerprint density at radius 3 is 1.92 bits per heavy atom. The van der Waals surface area contributed by atoms with Gasteiger partial charge < -0.3 is 4.74 Å². The van der Waals surface area contributed by atoms with Crippen LogP contribution in [0.15, 0.2) is 0 Å². The van der Waals surface area contributed by atoms with Crippen LogP contribution in [0.5, 0.6) is 0 Å². The summed E-state index contributed by atoms with van der Waals surface area (Å²) in [6.45, 7) is 8.07. The van der Waals surface area contributed by atoms with Gasteiger partial charge in [-0.2, -0.15) is 0 Å². The van der Waals surface area contributed by atoms with E-state index in [0.717, 1.165) is 19.3 Å². The minimum Gasteiger partial charge on any atom is -0.346 e. The molecule has 73 valence electrons. The Morgan fingerprint density at radius 1 is 1.08 bits per heavy atom. The Kier molecular flexibility index (Phi) is 6.39. The molecule has 0 rings (SSSR count). The fraction of sp³-hybridized carbons (Fsp3) is 1.00. The fourth-order valence-corrected chi connectivity index (χ4v) is 0.997.